The van der Waals surface area contributed by atoms with E-state index >= 15 is 0 Å². The van der Waals surface area contributed by atoms with Gasteiger partial charge in [0.25, 0.3) is 0 Å². The van der Waals surface area contributed by atoms with Crippen molar-refractivity contribution in [3.8, 4) is 0 Å². The first kappa shape index (κ1) is 17.5. The molecule has 5 nitrogen and oxygen atoms in total. The third-order valence-corrected chi connectivity index (χ3v) is 4.87. The van der Waals surface area contributed by atoms with Crippen molar-refractivity contribution in [2.75, 3.05) is 18.0 Å². The van der Waals surface area contributed by atoms with Gasteiger partial charge in [-0.15, -0.1) is 0 Å². The second kappa shape index (κ2) is 7.72. The number of rotatable bonds is 5. The first-order valence-electron chi connectivity index (χ1n) is 8.17. The quantitative estimate of drug-likeness (QED) is 0.765. The summed E-state index contributed by atoms with van der Waals surface area (Å²) in [6.07, 6.45) is 2.09. The van der Waals surface area contributed by atoms with Crippen LogP contribution in [0.3, 0.4) is 0 Å². The van der Waals surface area contributed by atoms with Crippen LogP contribution in [0.25, 0.3) is 0 Å². The smallest absolute Gasteiger partial charge is 0.324 e. The lowest BCUT2D eigenvalue weighted by atomic mass is 10.1. The Kier molecular flexibility index (Phi) is 5.64. The molecule has 3 rings (SSSR count). The second-order valence-electron chi connectivity index (χ2n) is 6.34. The molecule has 1 aromatic heterocycles. The summed E-state index contributed by atoms with van der Waals surface area (Å²) >= 11 is 12.0. The summed E-state index contributed by atoms with van der Waals surface area (Å²) in [5.74, 6) is 1.03. The minimum atomic E-state index is 0.225. The van der Waals surface area contributed by atoms with Crippen LogP contribution in [0.15, 0.2) is 22.7 Å². The highest BCUT2D eigenvalue weighted by molar-refractivity contribution is 6.42. The van der Waals surface area contributed by atoms with Gasteiger partial charge in [0.05, 0.1) is 22.8 Å². The van der Waals surface area contributed by atoms with Crippen LogP contribution in [-0.2, 0) is 11.3 Å². The molecule has 0 spiro atoms. The van der Waals surface area contributed by atoms with E-state index < -0.39 is 0 Å². The molecule has 1 fully saturated rings. The number of benzene rings is 1. The van der Waals surface area contributed by atoms with E-state index in [0.29, 0.717) is 22.7 Å². The lowest BCUT2D eigenvalue weighted by Gasteiger charge is -2.30. The summed E-state index contributed by atoms with van der Waals surface area (Å²) in [5.41, 5.74) is 1.03. The maximum Gasteiger partial charge on any atom is 0.324 e. The van der Waals surface area contributed by atoms with Crippen molar-refractivity contribution in [3.63, 3.8) is 0 Å². The zero-order valence-corrected chi connectivity index (χ0v) is 15.3. The van der Waals surface area contributed by atoms with Gasteiger partial charge in [-0.3, -0.25) is 0 Å². The van der Waals surface area contributed by atoms with Gasteiger partial charge in [0.15, 0.2) is 5.82 Å². The molecule has 0 amide bonds. The van der Waals surface area contributed by atoms with Crippen molar-refractivity contribution in [1.29, 1.82) is 0 Å². The Morgan fingerprint density at radius 2 is 2.00 bits per heavy atom. The van der Waals surface area contributed by atoms with Crippen LogP contribution in [0.4, 0.5) is 6.01 Å². The van der Waals surface area contributed by atoms with Crippen LogP contribution in [0, 0.1) is 0 Å². The van der Waals surface area contributed by atoms with Gasteiger partial charge in [-0.25, -0.2) is 0 Å². The molecule has 0 radical (unpaired) electrons. The molecular weight excluding hydrogens is 349 g/mol. The molecule has 1 aromatic carbocycles. The molecule has 130 valence electrons. The van der Waals surface area contributed by atoms with E-state index in [1.807, 2.05) is 12.1 Å². The average molecular weight is 370 g/mol. The van der Waals surface area contributed by atoms with E-state index in [9.17, 15) is 0 Å². The maximum absolute atomic E-state index is 6.03. The molecule has 0 unspecified atom stereocenters. The third-order valence-electron chi connectivity index (χ3n) is 4.13. The van der Waals surface area contributed by atoms with Gasteiger partial charge in [-0.2, -0.15) is 4.98 Å². The minimum absolute atomic E-state index is 0.225. The number of ether oxygens (including phenoxy) is 1. The fraction of sp³-hybridized carbons (Fsp3) is 0.529. The molecule has 0 N–H and O–H groups in total. The Hall–Kier alpha value is -1.30. The predicted molar refractivity (Wildman–Crippen MR) is 94.9 cm³/mol. The molecule has 2 aromatic rings. The molecule has 0 bridgehead atoms. The zero-order valence-electron chi connectivity index (χ0n) is 13.8. The predicted octanol–water partition coefficient (Wildman–Crippen LogP) is 4.69. The van der Waals surface area contributed by atoms with Crippen LogP contribution in [0.1, 0.15) is 44.0 Å². The van der Waals surface area contributed by atoms with Gasteiger partial charge in [-0.05, 0) is 30.5 Å². The molecule has 0 saturated carbocycles. The number of hydrogen-bond donors (Lipinski definition) is 0. The number of anilines is 1. The molecule has 24 heavy (non-hydrogen) atoms. The number of aromatic nitrogens is 2. The SMILES string of the molecule is CC(C)c1noc(N2CCC(OCc3ccc(Cl)c(Cl)c3)CC2)n1. The number of nitrogens with zero attached hydrogens (tertiary/aromatic N) is 3. The summed E-state index contributed by atoms with van der Waals surface area (Å²) in [6.45, 7) is 6.35. The van der Waals surface area contributed by atoms with E-state index in [2.05, 4.69) is 28.9 Å². The molecule has 7 heteroatoms. The molecular formula is C17H21Cl2N3O2. The van der Waals surface area contributed by atoms with E-state index in [4.69, 9.17) is 32.5 Å². The third kappa shape index (κ3) is 4.21. The largest absolute Gasteiger partial charge is 0.373 e. The van der Waals surface area contributed by atoms with Crippen LogP contribution < -0.4 is 4.90 Å². The normalized spacial score (nSPS) is 16.1. The van der Waals surface area contributed by atoms with Crippen molar-refractivity contribution < 1.29 is 9.26 Å². The zero-order chi connectivity index (χ0) is 17.1. The highest BCUT2D eigenvalue weighted by Gasteiger charge is 2.24. The van der Waals surface area contributed by atoms with Crippen molar-refractivity contribution in [3.05, 3.63) is 39.6 Å². The summed E-state index contributed by atoms with van der Waals surface area (Å²) in [6, 6.07) is 6.20. The van der Waals surface area contributed by atoms with E-state index in [1.165, 1.54) is 0 Å². The number of halogens is 2. The highest BCUT2D eigenvalue weighted by atomic mass is 35.5. The summed E-state index contributed by atoms with van der Waals surface area (Å²) in [4.78, 5) is 6.57. The van der Waals surface area contributed by atoms with Crippen molar-refractivity contribution in [2.24, 2.45) is 0 Å². The Morgan fingerprint density at radius 1 is 1.25 bits per heavy atom. The lowest BCUT2D eigenvalue weighted by molar-refractivity contribution is 0.0245. The van der Waals surface area contributed by atoms with Gasteiger partial charge in [0.1, 0.15) is 0 Å². The fourth-order valence-electron chi connectivity index (χ4n) is 2.65. The Bertz CT molecular complexity index is 682. The van der Waals surface area contributed by atoms with Crippen molar-refractivity contribution in [1.82, 2.24) is 10.1 Å². The second-order valence-corrected chi connectivity index (χ2v) is 7.15. The van der Waals surface area contributed by atoms with Crippen LogP contribution in [0.5, 0.6) is 0 Å². The van der Waals surface area contributed by atoms with Gasteiger partial charge < -0.3 is 14.2 Å². The minimum Gasteiger partial charge on any atom is -0.373 e. The monoisotopic (exact) mass is 369 g/mol. The lowest BCUT2D eigenvalue weighted by Crippen LogP contribution is -2.37. The Balaban J connectivity index is 1.48. The number of hydrogen-bond acceptors (Lipinski definition) is 5. The van der Waals surface area contributed by atoms with Gasteiger partial charge >= 0.3 is 6.01 Å². The number of piperidine rings is 1. The molecule has 1 aliphatic heterocycles. The fourth-order valence-corrected chi connectivity index (χ4v) is 2.97. The summed E-state index contributed by atoms with van der Waals surface area (Å²) in [7, 11) is 0. The average Bonchev–Trinajstić information content (AvgIpc) is 3.07. The van der Waals surface area contributed by atoms with Gasteiger partial charge in [-0.1, -0.05) is 48.3 Å². The maximum atomic E-state index is 6.03. The van der Waals surface area contributed by atoms with Crippen molar-refractivity contribution >= 4 is 29.2 Å². The molecule has 2 heterocycles. The first-order chi connectivity index (χ1) is 11.5. The van der Waals surface area contributed by atoms with Crippen LogP contribution in [-0.4, -0.2) is 29.3 Å². The Labute approximate surface area is 151 Å². The molecule has 0 atom stereocenters. The molecule has 1 saturated heterocycles. The summed E-state index contributed by atoms with van der Waals surface area (Å²) < 4.78 is 11.3. The van der Waals surface area contributed by atoms with Crippen LogP contribution in [0.2, 0.25) is 10.0 Å². The van der Waals surface area contributed by atoms with E-state index in [-0.39, 0.29) is 12.0 Å². The Morgan fingerprint density at radius 3 is 2.62 bits per heavy atom. The molecule has 1 aliphatic rings. The van der Waals surface area contributed by atoms with E-state index in [0.717, 1.165) is 37.3 Å². The highest BCUT2D eigenvalue weighted by Crippen LogP contribution is 2.25. The van der Waals surface area contributed by atoms with Gasteiger partial charge in [0.2, 0.25) is 0 Å². The molecule has 0 aliphatic carbocycles. The standard InChI is InChI=1S/C17H21Cl2N3O2/c1-11(2)16-20-17(24-21-16)22-7-5-13(6-8-22)23-10-12-3-4-14(18)15(19)9-12/h3-4,9,11,13H,5-8,10H2,1-2H3. The first-order valence-corrected chi connectivity index (χ1v) is 8.92. The van der Waals surface area contributed by atoms with Crippen LogP contribution >= 0.6 is 23.2 Å². The van der Waals surface area contributed by atoms with Gasteiger partial charge in [0, 0.05) is 19.0 Å². The topological polar surface area (TPSA) is 51.4 Å². The van der Waals surface area contributed by atoms with Crippen molar-refractivity contribution in [2.45, 2.75) is 45.3 Å². The summed E-state index contributed by atoms with van der Waals surface area (Å²) in [5, 5.41) is 5.14. The van der Waals surface area contributed by atoms with E-state index in [1.54, 1.807) is 6.07 Å².